The van der Waals surface area contributed by atoms with E-state index in [0.29, 0.717) is 52.0 Å². The standard InChI is InChI=1S/C19H23NO5S3/c1-4-20-18(22)16(28-19(20)26)11-13-6-7-14(15(10-13)23-3)25-8-9-27-12-17(21)24-5-2/h6-7,10-11H,4-5,8-9,12H2,1-3H3/b16-11-. The Kier molecular flexibility index (Phi) is 9.14. The number of thioether (sulfide) groups is 2. The number of methoxy groups -OCH3 is 1. The minimum Gasteiger partial charge on any atom is -0.493 e. The molecule has 1 heterocycles. The van der Waals surface area contributed by atoms with E-state index in [0.717, 1.165) is 5.56 Å². The highest BCUT2D eigenvalue weighted by atomic mass is 32.2. The maximum atomic E-state index is 12.3. The molecule has 0 bridgehead atoms. The summed E-state index contributed by atoms with van der Waals surface area (Å²) in [4.78, 5) is 25.8. The van der Waals surface area contributed by atoms with Crippen molar-refractivity contribution in [2.24, 2.45) is 0 Å². The van der Waals surface area contributed by atoms with Gasteiger partial charge in [-0.05, 0) is 37.6 Å². The summed E-state index contributed by atoms with van der Waals surface area (Å²) in [7, 11) is 1.57. The quantitative estimate of drug-likeness (QED) is 0.236. The second-order valence-electron chi connectivity index (χ2n) is 5.54. The van der Waals surface area contributed by atoms with E-state index in [1.54, 1.807) is 31.1 Å². The van der Waals surface area contributed by atoms with E-state index >= 15 is 0 Å². The van der Waals surface area contributed by atoms with Crippen LogP contribution < -0.4 is 9.47 Å². The third-order valence-corrected chi connectivity index (χ3v) is 5.96. The van der Waals surface area contributed by atoms with E-state index in [4.69, 9.17) is 26.4 Å². The molecule has 0 saturated carbocycles. The van der Waals surface area contributed by atoms with Crippen molar-refractivity contribution >= 4 is 58.0 Å². The number of amides is 1. The van der Waals surface area contributed by atoms with Crippen LogP contribution in [0.25, 0.3) is 6.08 Å². The second-order valence-corrected chi connectivity index (χ2v) is 8.32. The van der Waals surface area contributed by atoms with Gasteiger partial charge in [-0.3, -0.25) is 14.5 Å². The van der Waals surface area contributed by atoms with Crippen LogP contribution >= 0.6 is 35.7 Å². The van der Waals surface area contributed by atoms with Gasteiger partial charge in [0.05, 0.1) is 31.0 Å². The van der Waals surface area contributed by atoms with Crippen LogP contribution in [-0.2, 0) is 14.3 Å². The highest BCUT2D eigenvalue weighted by molar-refractivity contribution is 8.26. The number of carbonyl (C=O) groups is 2. The molecule has 1 saturated heterocycles. The van der Waals surface area contributed by atoms with Crippen molar-refractivity contribution in [3.05, 3.63) is 28.7 Å². The molecule has 1 amide bonds. The molecular formula is C19H23NO5S3. The second kappa shape index (κ2) is 11.3. The smallest absolute Gasteiger partial charge is 0.315 e. The van der Waals surface area contributed by atoms with Crippen LogP contribution in [0.4, 0.5) is 0 Å². The molecule has 6 nitrogen and oxygen atoms in total. The number of carbonyl (C=O) groups excluding carboxylic acids is 2. The van der Waals surface area contributed by atoms with E-state index in [1.165, 1.54) is 23.5 Å². The van der Waals surface area contributed by atoms with E-state index < -0.39 is 0 Å². The van der Waals surface area contributed by atoms with Crippen molar-refractivity contribution in [1.82, 2.24) is 4.90 Å². The highest BCUT2D eigenvalue weighted by Gasteiger charge is 2.30. The third kappa shape index (κ3) is 6.15. The number of nitrogens with zero attached hydrogens (tertiary/aromatic N) is 1. The highest BCUT2D eigenvalue weighted by Crippen LogP contribution is 2.34. The van der Waals surface area contributed by atoms with Gasteiger partial charge in [-0.15, -0.1) is 11.8 Å². The number of hydrogen-bond acceptors (Lipinski definition) is 8. The molecule has 1 aliphatic rings. The molecule has 1 aromatic carbocycles. The van der Waals surface area contributed by atoms with Crippen molar-refractivity contribution in [3.63, 3.8) is 0 Å². The monoisotopic (exact) mass is 441 g/mol. The van der Waals surface area contributed by atoms with Crippen molar-refractivity contribution in [3.8, 4) is 11.5 Å². The lowest BCUT2D eigenvalue weighted by molar-refractivity contribution is -0.139. The summed E-state index contributed by atoms with van der Waals surface area (Å²) in [5.74, 6) is 1.86. The predicted molar refractivity (Wildman–Crippen MR) is 118 cm³/mol. The Morgan fingerprint density at radius 3 is 2.75 bits per heavy atom. The lowest BCUT2D eigenvalue weighted by Gasteiger charge is -2.11. The van der Waals surface area contributed by atoms with Gasteiger partial charge in [0.1, 0.15) is 4.32 Å². The van der Waals surface area contributed by atoms with Crippen LogP contribution in [0.15, 0.2) is 23.1 Å². The Bertz CT molecular complexity index is 766. The largest absolute Gasteiger partial charge is 0.493 e. The van der Waals surface area contributed by atoms with Crippen LogP contribution in [-0.4, -0.2) is 59.5 Å². The van der Waals surface area contributed by atoms with Gasteiger partial charge >= 0.3 is 5.97 Å². The number of thiocarbonyl (C=S) groups is 1. The van der Waals surface area contributed by atoms with Crippen LogP contribution in [0.1, 0.15) is 19.4 Å². The number of rotatable bonds is 10. The maximum Gasteiger partial charge on any atom is 0.315 e. The fourth-order valence-electron chi connectivity index (χ4n) is 2.39. The van der Waals surface area contributed by atoms with Crippen molar-refractivity contribution in [2.75, 3.05) is 38.4 Å². The zero-order chi connectivity index (χ0) is 20.5. The van der Waals surface area contributed by atoms with Gasteiger partial charge in [0.25, 0.3) is 5.91 Å². The first-order chi connectivity index (χ1) is 13.5. The molecule has 1 aromatic rings. The van der Waals surface area contributed by atoms with E-state index in [2.05, 4.69) is 0 Å². The molecule has 0 radical (unpaired) electrons. The van der Waals surface area contributed by atoms with E-state index in [9.17, 15) is 9.59 Å². The Morgan fingerprint density at radius 1 is 1.32 bits per heavy atom. The number of ether oxygens (including phenoxy) is 3. The fraction of sp³-hybridized carbons (Fsp3) is 0.421. The predicted octanol–water partition coefficient (Wildman–Crippen LogP) is 3.59. The molecule has 0 N–H and O–H groups in total. The normalized spacial score (nSPS) is 15.2. The van der Waals surface area contributed by atoms with Gasteiger partial charge in [0.15, 0.2) is 11.5 Å². The van der Waals surface area contributed by atoms with Crippen LogP contribution in [0, 0.1) is 0 Å². The molecule has 0 aliphatic carbocycles. The molecule has 0 unspecified atom stereocenters. The summed E-state index contributed by atoms with van der Waals surface area (Å²) < 4.78 is 16.6. The van der Waals surface area contributed by atoms with Gasteiger partial charge in [0, 0.05) is 12.3 Å². The van der Waals surface area contributed by atoms with Crippen molar-refractivity contribution in [1.29, 1.82) is 0 Å². The molecule has 0 aromatic heterocycles. The van der Waals surface area contributed by atoms with Crippen molar-refractivity contribution < 1.29 is 23.8 Å². The van der Waals surface area contributed by atoms with E-state index in [1.807, 2.05) is 19.1 Å². The molecule has 0 atom stereocenters. The summed E-state index contributed by atoms with van der Waals surface area (Å²) in [5, 5.41) is 0. The Morgan fingerprint density at radius 2 is 2.11 bits per heavy atom. The fourth-order valence-corrected chi connectivity index (χ4v) is 4.37. The average molecular weight is 442 g/mol. The van der Waals surface area contributed by atoms with Gasteiger partial charge in [-0.2, -0.15) is 0 Å². The molecule has 9 heteroatoms. The van der Waals surface area contributed by atoms with Crippen LogP contribution in [0.3, 0.4) is 0 Å². The Labute approximate surface area is 179 Å². The number of hydrogen-bond donors (Lipinski definition) is 0. The Balaban J connectivity index is 1.95. The first-order valence-corrected chi connectivity index (χ1v) is 11.2. The minimum atomic E-state index is -0.220. The molecule has 2 rings (SSSR count). The maximum absolute atomic E-state index is 12.3. The van der Waals surface area contributed by atoms with Gasteiger partial charge in [-0.25, -0.2) is 0 Å². The Hall–Kier alpha value is -1.71. The lowest BCUT2D eigenvalue weighted by atomic mass is 10.2. The molecule has 28 heavy (non-hydrogen) atoms. The molecule has 1 fully saturated rings. The average Bonchev–Trinajstić information content (AvgIpc) is 2.95. The molecule has 0 spiro atoms. The number of esters is 1. The zero-order valence-corrected chi connectivity index (χ0v) is 18.5. The van der Waals surface area contributed by atoms with Gasteiger partial charge in [0.2, 0.25) is 0 Å². The number of benzene rings is 1. The van der Waals surface area contributed by atoms with Gasteiger partial charge in [-0.1, -0.05) is 30.0 Å². The molecule has 152 valence electrons. The topological polar surface area (TPSA) is 65.1 Å². The van der Waals surface area contributed by atoms with E-state index in [-0.39, 0.29) is 11.9 Å². The van der Waals surface area contributed by atoms with Crippen molar-refractivity contribution in [2.45, 2.75) is 13.8 Å². The number of likely N-dealkylation sites (N-methyl/N-ethyl adjacent to an activating group) is 1. The summed E-state index contributed by atoms with van der Waals surface area (Å²) in [6.45, 7) is 5.07. The SMILES string of the molecule is CCOC(=O)CSCCOc1ccc(/C=C2\SC(=S)N(CC)C2=O)cc1OC. The summed E-state index contributed by atoms with van der Waals surface area (Å²) in [6.07, 6.45) is 1.80. The van der Waals surface area contributed by atoms with Crippen LogP contribution in [0.5, 0.6) is 11.5 Å². The first-order valence-electron chi connectivity index (χ1n) is 8.79. The van der Waals surface area contributed by atoms with Crippen LogP contribution in [0.2, 0.25) is 0 Å². The lowest BCUT2D eigenvalue weighted by Crippen LogP contribution is -2.27. The summed E-state index contributed by atoms with van der Waals surface area (Å²) in [5.41, 5.74) is 0.831. The summed E-state index contributed by atoms with van der Waals surface area (Å²) in [6, 6.07) is 5.49. The minimum absolute atomic E-state index is 0.0737. The summed E-state index contributed by atoms with van der Waals surface area (Å²) >= 11 is 7.99. The molecule has 1 aliphatic heterocycles. The first kappa shape index (κ1) is 22.6. The molecular weight excluding hydrogens is 418 g/mol. The zero-order valence-electron chi connectivity index (χ0n) is 16.1. The van der Waals surface area contributed by atoms with Gasteiger partial charge < -0.3 is 14.2 Å². The third-order valence-electron chi connectivity index (χ3n) is 3.69.